The number of benzene rings is 3. The Morgan fingerprint density at radius 2 is 1.63 bits per heavy atom. The molecule has 0 bridgehead atoms. The number of nitrogens with one attached hydrogen (secondary N) is 1. The van der Waals surface area contributed by atoms with Crippen molar-refractivity contribution in [2.24, 2.45) is 5.10 Å². The fraction of sp³-hybridized carbons (Fsp3) is 0.167. The van der Waals surface area contributed by atoms with Crippen LogP contribution >= 0.6 is 0 Å². The molecule has 0 fully saturated rings. The molecule has 4 aromatic rings. The smallest absolute Gasteiger partial charge is 0.338 e. The van der Waals surface area contributed by atoms with E-state index in [9.17, 15) is 18.0 Å². The number of aryl methyl sites for hydroxylation is 1. The third kappa shape index (κ3) is 7.20. The highest BCUT2D eigenvalue weighted by atomic mass is 32.2. The Hall–Kier alpha value is -4.90. The van der Waals surface area contributed by atoms with Crippen LogP contribution in [0.25, 0.3) is 11.3 Å². The second-order valence-electron chi connectivity index (χ2n) is 8.82. The van der Waals surface area contributed by atoms with E-state index in [1.54, 1.807) is 79.7 Å². The lowest BCUT2D eigenvalue weighted by atomic mass is 10.1. The molecule has 0 aliphatic heterocycles. The predicted molar refractivity (Wildman–Crippen MR) is 155 cm³/mol. The highest BCUT2D eigenvalue weighted by molar-refractivity contribution is 7.92. The molecule has 1 heterocycles. The van der Waals surface area contributed by atoms with Gasteiger partial charge in [0.15, 0.2) is 0 Å². The molecule has 0 aliphatic carbocycles. The number of hydrogen-bond acceptors (Lipinski definition) is 8. The van der Waals surface area contributed by atoms with Crippen LogP contribution in [0.2, 0.25) is 0 Å². The van der Waals surface area contributed by atoms with Gasteiger partial charge in [0.1, 0.15) is 23.8 Å². The van der Waals surface area contributed by atoms with Crippen LogP contribution in [0.5, 0.6) is 5.75 Å². The summed E-state index contributed by atoms with van der Waals surface area (Å²) in [5.74, 6) is 0.369. The number of anilines is 1. The van der Waals surface area contributed by atoms with Crippen LogP contribution in [-0.4, -0.2) is 46.8 Å². The number of sulfonamides is 1. The molecular weight excluding hydrogens is 546 g/mol. The first-order chi connectivity index (χ1) is 19.7. The van der Waals surface area contributed by atoms with Crippen LogP contribution in [0.15, 0.2) is 99.3 Å². The maximum Gasteiger partial charge on any atom is 0.338 e. The quantitative estimate of drug-likeness (QED) is 0.155. The second-order valence-corrected chi connectivity index (χ2v) is 10.7. The van der Waals surface area contributed by atoms with Gasteiger partial charge in [-0.05, 0) is 74.5 Å². The minimum atomic E-state index is -4.07. The van der Waals surface area contributed by atoms with Crippen molar-refractivity contribution in [1.29, 1.82) is 0 Å². The first kappa shape index (κ1) is 29.1. The van der Waals surface area contributed by atoms with Gasteiger partial charge in [-0.15, -0.1) is 0 Å². The van der Waals surface area contributed by atoms with Crippen LogP contribution < -0.4 is 14.5 Å². The molecule has 0 unspecified atom stereocenters. The molecule has 1 amide bonds. The van der Waals surface area contributed by atoms with E-state index in [0.717, 1.165) is 15.4 Å². The summed E-state index contributed by atoms with van der Waals surface area (Å²) in [6, 6.07) is 22.9. The Morgan fingerprint density at radius 3 is 2.27 bits per heavy atom. The summed E-state index contributed by atoms with van der Waals surface area (Å²) in [6.45, 7) is 3.37. The summed E-state index contributed by atoms with van der Waals surface area (Å²) in [5.41, 5.74) is 4.71. The van der Waals surface area contributed by atoms with E-state index in [2.05, 4.69) is 10.5 Å². The standard InChI is InChI=1S/C30H29N3O7S/c1-4-39-30(35)23-9-7-22(8-10-23)28-18-15-26(40-28)19-31-32-29(34)20-33(24-11-13-25(38-3)14-12-24)41(36,37)27-16-5-21(2)6-17-27/h5-19H,4,20H2,1-3H3,(H,32,34)/b31-19-. The van der Waals surface area contributed by atoms with E-state index in [4.69, 9.17) is 13.9 Å². The summed E-state index contributed by atoms with van der Waals surface area (Å²) < 4.78 is 43.9. The van der Waals surface area contributed by atoms with Crippen molar-refractivity contribution in [3.05, 3.63) is 102 Å². The number of carbonyl (C=O) groups is 2. The maximum absolute atomic E-state index is 13.5. The lowest BCUT2D eigenvalue weighted by Gasteiger charge is -2.24. The third-order valence-corrected chi connectivity index (χ3v) is 7.73. The van der Waals surface area contributed by atoms with Crippen LogP contribution in [0.3, 0.4) is 0 Å². The van der Waals surface area contributed by atoms with Crippen LogP contribution in [0.1, 0.15) is 28.6 Å². The molecule has 1 aromatic heterocycles. The molecule has 10 nitrogen and oxygen atoms in total. The summed E-state index contributed by atoms with van der Waals surface area (Å²) in [7, 11) is -2.56. The van der Waals surface area contributed by atoms with Crippen LogP contribution in [0, 0.1) is 6.92 Å². The summed E-state index contributed by atoms with van der Waals surface area (Å²) in [6.07, 6.45) is 1.31. The largest absolute Gasteiger partial charge is 0.497 e. The lowest BCUT2D eigenvalue weighted by molar-refractivity contribution is -0.119. The van der Waals surface area contributed by atoms with Gasteiger partial charge in [-0.2, -0.15) is 5.10 Å². The van der Waals surface area contributed by atoms with E-state index < -0.39 is 28.4 Å². The first-order valence-electron chi connectivity index (χ1n) is 12.6. The number of furan rings is 1. The minimum Gasteiger partial charge on any atom is -0.497 e. The van der Waals surface area contributed by atoms with Gasteiger partial charge < -0.3 is 13.9 Å². The lowest BCUT2D eigenvalue weighted by Crippen LogP contribution is -2.39. The van der Waals surface area contributed by atoms with Gasteiger partial charge in [-0.3, -0.25) is 9.10 Å². The highest BCUT2D eigenvalue weighted by Gasteiger charge is 2.27. The number of esters is 1. The van der Waals surface area contributed by atoms with Gasteiger partial charge in [0.05, 0.1) is 36.1 Å². The van der Waals surface area contributed by atoms with E-state index in [1.807, 2.05) is 6.92 Å². The van der Waals surface area contributed by atoms with Crippen molar-refractivity contribution >= 4 is 33.8 Å². The number of hydrazone groups is 1. The monoisotopic (exact) mass is 575 g/mol. The minimum absolute atomic E-state index is 0.0497. The van der Waals surface area contributed by atoms with Gasteiger partial charge in [-0.1, -0.05) is 29.8 Å². The van der Waals surface area contributed by atoms with Gasteiger partial charge in [0, 0.05) is 5.56 Å². The number of nitrogens with zero attached hydrogens (tertiary/aromatic N) is 2. The zero-order valence-corrected chi connectivity index (χ0v) is 23.6. The highest BCUT2D eigenvalue weighted by Crippen LogP contribution is 2.26. The number of amides is 1. The number of ether oxygens (including phenoxy) is 2. The molecule has 0 aliphatic rings. The SMILES string of the molecule is CCOC(=O)c1ccc(-c2ccc(/C=N\NC(=O)CN(c3ccc(OC)cc3)S(=O)(=O)c3ccc(C)cc3)o2)cc1. The molecule has 3 aromatic carbocycles. The van der Waals surface area contributed by atoms with Gasteiger partial charge in [-0.25, -0.2) is 18.6 Å². The molecule has 4 rings (SSSR count). The fourth-order valence-electron chi connectivity index (χ4n) is 3.80. The topological polar surface area (TPSA) is 128 Å². The third-order valence-electron chi connectivity index (χ3n) is 5.94. The average molecular weight is 576 g/mol. The van der Waals surface area contributed by atoms with E-state index in [0.29, 0.717) is 29.4 Å². The Balaban J connectivity index is 1.46. The zero-order valence-electron chi connectivity index (χ0n) is 22.7. The summed E-state index contributed by atoms with van der Waals surface area (Å²) in [5, 5.41) is 3.93. The Labute approximate surface area is 238 Å². The Morgan fingerprint density at radius 1 is 0.951 bits per heavy atom. The summed E-state index contributed by atoms with van der Waals surface area (Å²) in [4.78, 5) is 24.7. The molecule has 41 heavy (non-hydrogen) atoms. The van der Waals surface area contributed by atoms with E-state index in [1.165, 1.54) is 25.5 Å². The van der Waals surface area contributed by atoms with Crippen molar-refractivity contribution in [2.75, 3.05) is 24.6 Å². The van der Waals surface area contributed by atoms with E-state index >= 15 is 0 Å². The molecule has 0 saturated carbocycles. The van der Waals surface area contributed by atoms with Gasteiger partial charge >= 0.3 is 5.97 Å². The zero-order chi connectivity index (χ0) is 29.4. The molecular formula is C30H29N3O7S. The van der Waals surface area contributed by atoms with Crippen molar-refractivity contribution < 1.29 is 31.9 Å². The van der Waals surface area contributed by atoms with Crippen molar-refractivity contribution in [1.82, 2.24) is 5.43 Å². The fourth-order valence-corrected chi connectivity index (χ4v) is 5.22. The Kier molecular flexibility index (Phi) is 9.20. The van der Waals surface area contributed by atoms with Gasteiger partial charge in [0.25, 0.3) is 15.9 Å². The molecule has 1 N–H and O–H groups in total. The second kappa shape index (κ2) is 13.0. The molecule has 0 radical (unpaired) electrons. The van der Waals surface area contributed by atoms with E-state index in [-0.39, 0.29) is 10.6 Å². The summed E-state index contributed by atoms with van der Waals surface area (Å²) >= 11 is 0. The molecule has 0 saturated heterocycles. The predicted octanol–water partition coefficient (Wildman–Crippen LogP) is 4.79. The maximum atomic E-state index is 13.5. The van der Waals surface area contributed by atoms with Crippen molar-refractivity contribution in [2.45, 2.75) is 18.7 Å². The molecule has 0 spiro atoms. The number of methoxy groups -OCH3 is 1. The van der Waals surface area contributed by atoms with Gasteiger partial charge in [0.2, 0.25) is 0 Å². The normalized spacial score (nSPS) is 11.3. The number of hydrogen-bond donors (Lipinski definition) is 1. The van der Waals surface area contributed by atoms with Crippen LogP contribution in [0.4, 0.5) is 5.69 Å². The van der Waals surface area contributed by atoms with Crippen molar-refractivity contribution in [3.63, 3.8) is 0 Å². The molecule has 11 heteroatoms. The average Bonchev–Trinajstić information content (AvgIpc) is 3.45. The number of carbonyl (C=O) groups excluding carboxylic acids is 2. The van der Waals surface area contributed by atoms with Crippen molar-refractivity contribution in [3.8, 4) is 17.1 Å². The van der Waals surface area contributed by atoms with Crippen LogP contribution in [-0.2, 0) is 19.6 Å². The molecule has 0 atom stereocenters. The molecule has 212 valence electrons. The Bertz CT molecular complexity index is 1630. The first-order valence-corrected chi connectivity index (χ1v) is 14.1. The number of rotatable bonds is 11.